The van der Waals surface area contributed by atoms with Gasteiger partial charge in [0.1, 0.15) is 5.75 Å². The van der Waals surface area contributed by atoms with E-state index in [2.05, 4.69) is 53.7 Å². The van der Waals surface area contributed by atoms with Gasteiger partial charge in [-0.3, -0.25) is 0 Å². The molecule has 0 unspecified atom stereocenters. The van der Waals surface area contributed by atoms with E-state index >= 15 is 0 Å². The molecule has 1 aromatic rings. The number of aliphatic carboxylic acids is 1. The number of benzene rings is 1. The van der Waals surface area contributed by atoms with Crippen LogP contribution in [0.1, 0.15) is 58.2 Å². The number of allylic oxidation sites excluding steroid dienone is 1. The number of carboxylic acid groups (broad SMARTS) is 1. The Labute approximate surface area is 134 Å². The molecule has 0 fully saturated rings. The molecule has 1 N–H and O–H groups in total. The van der Waals surface area contributed by atoms with Gasteiger partial charge in [0, 0.05) is 6.08 Å². The minimum Gasteiger partial charge on any atom is -0.497 e. The molecule has 22 heavy (non-hydrogen) atoms. The van der Waals surface area contributed by atoms with E-state index < -0.39 is 5.97 Å². The summed E-state index contributed by atoms with van der Waals surface area (Å²) in [5, 5.41) is 8.83. The SMILES string of the molecule is COc1cc(C(C)(C)C)c(CC=CC(=O)O)c(C(C)(C)C)c1. The molecular formula is C19H28O3. The van der Waals surface area contributed by atoms with Crippen molar-refractivity contribution in [1.82, 2.24) is 0 Å². The lowest BCUT2D eigenvalue weighted by Crippen LogP contribution is -2.21. The summed E-state index contributed by atoms with van der Waals surface area (Å²) in [7, 11) is 1.68. The number of carbonyl (C=O) groups is 1. The molecule has 0 spiro atoms. The smallest absolute Gasteiger partial charge is 0.327 e. The van der Waals surface area contributed by atoms with E-state index in [0.29, 0.717) is 6.42 Å². The van der Waals surface area contributed by atoms with Gasteiger partial charge in [0.15, 0.2) is 0 Å². The highest BCUT2D eigenvalue weighted by Crippen LogP contribution is 2.37. The van der Waals surface area contributed by atoms with Crippen LogP contribution in [0.2, 0.25) is 0 Å². The van der Waals surface area contributed by atoms with Crippen molar-refractivity contribution in [3.8, 4) is 5.75 Å². The molecule has 0 aliphatic heterocycles. The number of carboxylic acids is 1. The summed E-state index contributed by atoms with van der Waals surface area (Å²) in [5.41, 5.74) is 3.51. The molecule has 0 heterocycles. The predicted molar refractivity (Wildman–Crippen MR) is 90.9 cm³/mol. The summed E-state index contributed by atoms with van der Waals surface area (Å²) in [6.07, 6.45) is 3.53. The van der Waals surface area contributed by atoms with Crippen LogP contribution in [0.5, 0.6) is 5.75 Å². The van der Waals surface area contributed by atoms with E-state index in [4.69, 9.17) is 9.84 Å². The van der Waals surface area contributed by atoms with Crippen molar-refractivity contribution in [3.63, 3.8) is 0 Å². The Balaban J connectivity index is 3.55. The highest BCUT2D eigenvalue weighted by atomic mass is 16.5. The normalized spacial score (nSPS) is 12.7. The van der Waals surface area contributed by atoms with Gasteiger partial charge in [-0.05, 0) is 46.1 Å². The third-order valence-electron chi connectivity index (χ3n) is 3.66. The van der Waals surface area contributed by atoms with Crippen molar-refractivity contribution in [2.24, 2.45) is 0 Å². The van der Waals surface area contributed by atoms with E-state index in [0.717, 1.165) is 5.75 Å². The first kappa shape index (κ1) is 18.3. The lowest BCUT2D eigenvalue weighted by molar-refractivity contribution is -0.131. The maximum absolute atomic E-state index is 10.7. The van der Waals surface area contributed by atoms with Gasteiger partial charge in [-0.25, -0.2) is 4.79 Å². The number of ether oxygens (including phenoxy) is 1. The van der Waals surface area contributed by atoms with Crippen molar-refractivity contribution in [2.45, 2.75) is 58.8 Å². The van der Waals surface area contributed by atoms with Crippen LogP contribution < -0.4 is 4.74 Å². The molecule has 0 amide bonds. The Hall–Kier alpha value is -1.77. The first-order valence-corrected chi connectivity index (χ1v) is 7.58. The molecule has 0 aliphatic carbocycles. The van der Waals surface area contributed by atoms with E-state index in [9.17, 15) is 4.79 Å². The average Bonchev–Trinajstić information content (AvgIpc) is 2.35. The number of rotatable bonds is 4. The Morgan fingerprint density at radius 1 is 1.09 bits per heavy atom. The van der Waals surface area contributed by atoms with Crippen molar-refractivity contribution < 1.29 is 14.6 Å². The van der Waals surface area contributed by atoms with Crippen LogP contribution in [0.4, 0.5) is 0 Å². The summed E-state index contributed by atoms with van der Waals surface area (Å²) in [6.45, 7) is 13.0. The van der Waals surface area contributed by atoms with Crippen LogP contribution in [0.15, 0.2) is 24.3 Å². The molecule has 3 heteroatoms. The van der Waals surface area contributed by atoms with Gasteiger partial charge in [-0.15, -0.1) is 0 Å². The Morgan fingerprint density at radius 3 is 1.86 bits per heavy atom. The number of hydrogen-bond acceptors (Lipinski definition) is 2. The van der Waals surface area contributed by atoms with Crippen LogP contribution in [-0.4, -0.2) is 18.2 Å². The lowest BCUT2D eigenvalue weighted by Gasteiger charge is -2.30. The fraction of sp³-hybridized carbons (Fsp3) is 0.526. The molecule has 0 radical (unpaired) electrons. The zero-order chi connectivity index (χ0) is 17.1. The molecule has 0 atom stereocenters. The molecule has 0 bridgehead atoms. The molecule has 0 aromatic heterocycles. The van der Waals surface area contributed by atoms with E-state index in [1.807, 2.05) is 0 Å². The van der Waals surface area contributed by atoms with Crippen molar-refractivity contribution in [2.75, 3.05) is 7.11 Å². The third kappa shape index (κ3) is 4.62. The monoisotopic (exact) mass is 304 g/mol. The number of methoxy groups -OCH3 is 1. The second kappa shape index (κ2) is 6.55. The van der Waals surface area contributed by atoms with E-state index in [1.54, 1.807) is 13.2 Å². The topological polar surface area (TPSA) is 46.5 Å². The molecule has 0 aliphatic rings. The maximum atomic E-state index is 10.7. The Bertz CT molecular complexity index is 534. The van der Waals surface area contributed by atoms with Gasteiger partial charge in [0.05, 0.1) is 7.11 Å². The minimum absolute atomic E-state index is 0.0407. The second-order valence-electron chi connectivity index (χ2n) is 7.65. The maximum Gasteiger partial charge on any atom is 0.327 e. The van der Waals surface area contributed by atoms with Crippen LogP contribution >= 0.6 is 0 Å². The van der Waals surface area contributed by atoms with Crippen molar-refractivity contribution in [3.05, 3.63) is 41.0 Å². The van der Waals surface area contributed by atoms with Gasteiger partial charge in [0.25, 0.3) is 0 Å². The largest absolute Gasteiger partial charge is 0.497 e. The van der Waals surface area contributed by atoms with Gasteiger partial charge < -0.3 is 9.84 Å². The first-order chi connectivity index (χ1) is 9.96. The highest BCUT2D eigenvalue weighted by Gasteiger charge is 2.26. The summed E-state index contributed by atoms with van der Waals surface area (Å²) >= 11 is 0. The standard InChI is InChI=1S/C19H28O3/c1-18(2,3)15-11-13(22-7)12-16(19(4,5)6)14(15)9-8-10-17(20)21/h8,10-12H,9H2,1-7H3,(H,20,21). The predicted octanol–water partition coefficient (Wildman–Crippen LogP) is 4.47. The van der Waals surface area contributed by atoms with Crippen LogP contribution in [0.3, 0.4) is 0 Å². The lowest BCUT2D eigenvalue weighted by atomic mass is 9.75. The summed E-state index contributed by atoms with van der Waals surface area (Å²) in [6, 6.07) is 4.14. The third-order valence-corrected chi connectivity index (χ3v) is 3.66. The first-order valence-electron chi connectivity index (χ1n) is 7.58. The van der Waals surface area contributed by atoms with E-state index in [-0.39, 0.29) is 10.8 Å². The van der Waals surface area contributed by atoms with Gasteiger partial charge >= 0.3 is 5.97 Å². The molecule has 1 rings (SSSR count). The Morgan fingerprint density at radius 2 is 1.55 bits per heavy atom. The van der Waals surface area contributed by atoms with Crippen LogP contribution in [-0.2, 0) is 22.0 Å². The second-order valence-corrected chi connectivity index (χ2v) is 7.65. The average molecular weight is 304 g/mol. The van der Waals surface area contributed by atoms with Crippen LogP contribution in [0, 0.1) is 0 Å². The molecular weight excluding hydrogens is 276 g/mol. The zero-order valence-electron chi connectivity index (χ0n) is 14.8. The molecule has 0 saturated carbocycles. The number of hydrogen-bond donors (Lipinski definition) is 1. The highest BCUT2D eigenvalue weighted by molar-refractivity contribution is 5.79. The van der Waals surface area contributed by atoms with Gasteiger partial charge in [0.2, 0.25) is 0 Å². The van der Waals surface area contributed by atoms with Gasteiger partial charge in [-0.2, -0.15) is 0 Å². The summed E-state index contributed by atoms with van der Waals surface area (Å²) in [5.74, 6) is -0.0658. The fourth-order valence-corrected chi connectivity index (χ4v) is 2.60. The van der Waals surface area contributed by atoms with E-state index in [1.165, 1.54) is 22.8 Å². The minimum atomic E-state index is -0.914. The quantitative estimate of drug-likeness (QED) is 0.835. The summed E-state index contributed by atoms with van der Waals surface area (Å²) in [4.78, 5) is 10.7. The zero-order valence-corrected chi connectivity index (χ0v) is 14.8. The Kier molecular flexibility index (Phi) is 5.44. The van der Waals surface area contributed by atoms with Crippen molar-refractivity contribution in [1.29, 1.82) is 0 Å². The molecule has 1 aromatic carbocycles. The molecule has 122 valence electrons. The van der Waals surface area contributed by atoms with Crippen LogP contribution in [0.25, 0.3) is 0 Å². The van der Waals surface area contributed by atoms with Gasteiger partial charge in [-0.1, -0.05) is 47.6 Å². The molecule has 3 nitrogen and oxygen atoms in total. The molecule has 0 saturated heterocycles. The fourth-order valence-electron chi connectivity index (χ4n) is 2.60. The summed E-state index contributed by atoms with van der Waals surface area (Å²) < 4.78 is 5.47. The van der Waals surface area contributed by atoms with Crippen molar-refractivity contribution >= 4 is 5.97 Å².